The summed E-state index contributed by atoms with van der Waals surface area (Å²) in [4.78, 5) is 21.1. The Hall–Kier alpha value is -1.78. The van der Waals surface area contributed by atoms with Crippen molar-refractivity contribution in [3.05, 3.63) is 22.5 Å². The second-order valence-corrected chi connectivity index (χ2v) is 2.71. The van der Waals surface area contributed by atoms with Gasteiger partial charge in [0.05, 0.1) is 5.69 Å². The van der Waals surface area contributed by atoms with E-state index in [1.807, 2.05) is 0 Å². The molecule has 1 aromatic heterocycles. The fraction of sp³-hybridized carbons (Fsp3) is 0.250. The number of hydrogen-bond acceptors (Lipinski definition) is 3. The first kappa shape index (κ1) is 9.31. The van der Waals surface area contributed by atoms with E-state index in [-0.39, 0.29) is 22.5 Å². The molecule has 0 fully saturated rings. The Morgan fingerprint density at radius 2 is 2.00 bits per heavy atom. The largest absolute Gasteiger partial charge is 0.476 e. The molecule has 0 aliphatic heterocycles. The highest BCUT2D eigenvalue weighted by Crippen LogP contribution is 2.18. The lowest BCUT2D eigenvalue weighted by Gasteiger charge is -1.97. The van der Waals surface area contributed by atoms with Gasteiger partial charge in [0, 0.05) is 5.56 Å². The van der Waals surface area contributed by atoms with Gasteiger partial charge in [-0.1, -0.05) is 0 Å². The van der Waals surface area contributed by atoms with Gasteiger partial charge in [-0.05, 0) is 19.4 Å². The van der Waals surface area contributed by atoms with Crippen LogP contribution in [0.25, 0.3) is 0 Å². The summed E-state index contributed by atoms with van der Waals surface area (Å²) in [6.45, 7) is 2.95. The molecule has 0 radical (unpaired) electrons. The Balaban J connectivity index is 3.54. The van der Waals surface area contributed by atoms with Crippen LogP contribution in [0.5, 0.6) is 0 Å². The van der Waals surface area contributed by atoms with Gasteiger partial charge in [-0.2, -0.15) is 4.73 Å². The van der Waals surface area contributed by atoms with E-state index in [1.165, 1.54) is 13.8 Å². The second-order valence-electron chi connectivity index (χ2n) is 2.71. The zero-order chi connectivity index (χ0) is 10.2. The molecule has 0 saturated heterocycles. The van der Waals surface area contributed by atoms with Crippen molar-refractivity contribution in [3.63, 3.8) is 0 Å². The highest BCUT2D eigenvalue weighted by Gasteiger charge is 2.21. The maximum Gasteiger partial charge on any atom is 0.356 e. The third-order valence-electron chi connectivity index (χ3n) is 2.00. The Bertz CT molecular complexity index is 378. The minimum atomic E-state index is -1.25. The summed E-state index contributed by atoms with van der Waals surface area (Å²) in [5, 5.41) is 18.0. The van der Waals surface area contributed by atoms with Crippen molar-refractivity contribution in [1.29, 1.82) is 0 Å². The van der Waals surface area contributed by atoms with E-state index in [9.17, 15) is 14.8 Å². The van der Waals surface area contributed by atoms with E-state index in [1.54, 1.807) is 0 Å². The predicted octanol–water partition coefficient (Wildman–Crippen LogP) is 0.853. The van der Waals surface area contributed by atoms with Crippen LogP contribution in [0, 0.1) is 13.8 Å². The van der Waals surface area contributed by atoms with Crippen molar-refractivity contribution >= 4 is 12.3 Å². The number of aromatic carboxylic acids is 1. The molecule has 0 unspecified atom stereocenters. The minimum Gasteiger partial charge on any atom is -0.476 e. The molecule has 0 atom stereocenters. The maximum absolute atomic E-state index is 10.6. The van der Waals surface area contributed by atoms with Crippen LogP contribution in [0.15, 0.2) is 0 Å². The van der Waals surface area contributed by atoms with Crippen LogP contribution >= 0.6 is 0 Å². The molecule has 0 aliphatic carbocycles. The molecule has 0 amide bonds. The predicted molar refractivity (Wildman–Crippen MR) is 43.4 cm³/mol. The minimum absolute atomic E-state index is 0.222. The van der Waals surface area contributed by atoms with Crippen LogP contribution in [0.4, 0.5) is 0 Å². The Kier molecular flexibility index (Phi) is 2.10. The lowest BCUT2D eigenvalue weighted by atomic mass is 10.1. The molecular formula is C8H9NO4. The Morgan fingerprint density at radius 3 is 2.23 bits per heavy atom. The smallest absolute Gasteiger partial charge is 0.356 e. The van der Waals surface area contributed by atoms with Gasteiger partial charge in [0.15, 0.2) is 12.0 Å². The van der Waals surface area contributed by atoms with Crippen molar-refractivity contribution in [1.82, 2.24) is 4.73 Å². The molecule has 0 aromatic carbocycles. The fourth-order valence-corrected chi connectivity index (χ4v) is 1.26. The molecule has 5 nitrogen and oxygen atoms in total. The number of carboxylic acids is 1. The molecule has 0 bridgehead atoms. The molecule has 1 heterocycles. The third-order valence-corrected chi connectivity index (χ3v) is 2.00. The van der Waals surface area contributed by atoms with Crippen molar-refractivity contribution in [2.75, 3.05) is 0 Å². The lowest BCUT2D eigenvalue weighted by Crippen LogP contribution is -2.07. The molecule has 13 heavy (non-hydrogen) atoms. The van der Waals surface area contributed by atoms with Gasteiger partial charge in [-0.3, -0.25) is 4.79 Å². The number of carbonyl (C=O) groups excluding carboxylic acids is 1. The average molecular weight is 183 g/mol. The van der Waals surface area contributed by atoms with E-state index in [0.717, 1.165) is 0 Å². The Morgan fingerprint density at radius 1 is 1.46 bits per heavy atom. The lowest BCUT2D eigenvalue weighted by molar-refractivity contribution is 0.0640. The molecular weight excluding hydrogens is 174 g/mol. The van der Waals surface area contributed by atoms with Crippen molar-refractivity contribution < 1.29 is 19.9 Å². The van der Waals surface area contributed by atoms with Crippen LogP contribution < -0.4 is 0 Å². The van der Waals surface area contributed by atoms with E-state index in [4.69, 9.17) is 5.11 Å². The first-order chi connectivity index (χ1) is 6.00. The highest BCUT2D eigenvalue weighted by molar-refractivity contribution is 5.92. The normalized spacial score (nSPS) is 10.0. The summed E-state index contributed by atoms with van der Waals surface area (Å²) in [6.07, 6.45) is 0.532. The van der Waals surface area contributed by atoms with Gasteiger partial charge in [-0.15, -0.1) is 0 Å². The highest BCUT2D eigenvalue weighted by atomic mass is 16.5. The SMILES string of the molecule is Cc1c(C=O)c(C)n(O)c1C(=O)O. The first-order valence-corrected chi connectivity index (χ1v) is 3.60. The van der Waals surface area contributed by atoms with Gasteiger partial charge in [0.1, 0.15) is 0 Å². The quantitative estimate of drug-likeness (QED) is 0.526. The molecule has 0 aliphatic rings. The van der Waals surface area contributed by atoms with Gasteiger partial charge in [0.25, 0.3) is 0 Å². The monoisotopic (exact) mass is 183 g/mol. The molecule has 5 heteroatoms. The summed E-state index contributed by atoms with van der Waals surface area (Å²) in [5.41, 5.74) is 0.479. The van der Waals surface area contributed by atoms with Crippen LogP contribution in [0.2, 0.25) is 0 Å². The molecule has 70 valence electrons. The maximum atomic E-state index is 10.6. The summed E-state index contributed by atoms with van der Waals surface area (Å²) in [5.74, 6) is -1.25. The summed E-state index contributed by atoms with van der Waals surface area (Å²) in [7, 11) is 0. The number of hydrogen-bond donors (Lipinski definition) is 2. The fourth-order valence-electron chi connectivity index (χ4n) is 1.26. The standard InChI is InChI=1S/C8H9NO4/c1-4-6(3-10)5(2)9(13)7(4)8(11)12/h3,13H,1-2H3,(H,11,12). The van der Waals surface area contributed by atoms with E-state index >= 15 is 0 Å². The zero-order valence-electron chi connectivity index (χ0n) is 7.24. The topological polar surface area (TPSA) is 79.5 Å². The molecule has 0 spiro atoms. The van der Waals surface area contributed by atoms with Crippen LogP contribution in [-0.2, 0) is 0 Å². The number of carboxylic acid groups (broad SMARTS) is 1. The van der Waals surface area contributed by atoms with Crippen LogP contribution in [0.1, 0.15) is 32.1 Å². The first-order valence-electron chi connectivity index (χ1n) is 3.60. The van der Waals surface area contributed by atoms with Crippen molar-refractivity contribution in [3.8, 4) is 0 Å². The van der Waals surface area contributed by atoms with E-state index < -0.39 is 5.97 Å². The third kappa shape index (κ3) is 1.18. The number of nitrogens with zero attached hydrogens (tertiary/aromatic N) is 1. The Labute approximate surface area is 74.2 Å². The number of aldehydes is 1. The van der Waals surface area contributed by atoms with E-state index in [2.05, 4.69) is 0 Å². The van der Waals surface area contributed by atoms with Crippen molar-refractivity contribution in [2.45, 2.75) is 13.8 Å². The molecule has 1 rings (SSSR count). The summed E-state index contributed by atoms with van der Waals surface area (Å²) < 4.78 is 0.515. The van der Waals surface area contributed by atoms with Gasteiger partial charge in [-0.25, -0.2) is 4.79 Å². The summed E-state index contributed by atoms with van der Waals surface area (Å²) >= 11 is 0. The van der Waals surface area contributed by atoms with Gasteiger partial charge >= 0.3 is 5.97 Å². The number of rotatable bonds is 2. The second kappa shape index (κ2) is 2.93. The summed E-state index contributed by atoms with van der Waals surface area (Å²) in [6, 6.07) is 0. The van der Waals surface area contributed by atoms with Gasteiger partial charge < -0.3 is 10.3 Å². The number of aromatic nitrogens is 1. The molecule has 0 saturated carbocycles. The van der Waals surface area contributed by atoms with Crippen molar-refractivity contribution in [2.24, 2.45) is 0 Å². The van der Waals surface area contributed by atoms with Gasteiger partial charge in [0.2, 0.25) is 0 Å². The number of carbonyl (C=O) groups is 2. The van der Waals surface area contributed by atoms with Crippen LogP contribution in [0.3, 0.4) is 0 Å². The van der Waals surface area contributed by atoms with Crippen LogP contribution in [-0.4, -0.2) is 27.3 Å². The zero-order valence-corrected chi connectivity index (χ0v) is 7.24. The average Bonchev–Trinajstić information content (AvgIpc) is 2.24. The molecule has 1 aromatic rings. The van der Waals surface area contributed by atoms with E-state index in [0.29, 0.717) is 11.0 Å². The molecule has 2 N–H and O–H groups in total.